The lowest BCUT2D eigenvalue weighted by molar-refractivity contribution is 0.0951. The van der Waals surface area contributed by atoms with Crippen LogP contribution in [0.5, 0.6) is 0 Å². The van der Waals surface area contributed by atoms with Gasteiger partial charge in [0.2, 0.25) is 0 Å². The number of fused-ring (bicyclic) bond motifs is 1. The van der Waals surface area contributed by atoms with Gasteiger partial charge in [0.05, 0.1) is 0 Å². The Hall–Kier alpha value is -2.18. The van der Waals surface area contributed by atoms with Crippen molar-refractivity contribution in [2.24, 2.45) is 0 Å². The third kappa shape index (κ3) is 2.19. The van der Waals surface area contributed by atoms with E-state index in [-0.39, 0.29) is 11.3 Å². The highest BCUT2D eigenvalue weighted by atomic mass is 16.5. The number of carbonyl (C=O) groups excluding carboxylic acids is 1. The summed E-state index contributed by atoms with van der Waals surface area (Å²) in [6, 6.07) is 0. The smallest absolute Gasteiger partial charge is 0.293 e. The molecule has 106 valence electrons. The summed E-state index contributed by atoms with van der Waals surface area (Å²) in [4.78, 5) is 23.6. The second-order valence-corrected chi connectivity index (χ2v) is 5.95. The van der Waals surface area contributed by atoms with Gasteiger partial charge in [-0.25, -0.2) is 4.98 Å². The molecular formula is C13H17N5O2. The van der Waals surface area contributed by atoms with E-state index in [0.717, 1.165) is 18.5 Å². The average molecular weight is 275 g/mol. The first kappa shape index (κ1) is 12.8. The monoisotopic (exact) mass is 275 g/mol. The Morgan fingerprint density at radius 2 is 2.05 bits per heavy atom. The van der Waals surface area contributed by atoms with Crippen molar-refractivity contribution in [3.63, 3.8) is 0 Å². The molecule has 3 rings (SSSR count). The molecule has 1 aliphatic rings. The Balaban J connectivity index is 1.98. The normalized spacial score (nSPS) is 15.7. The number of imidazole rings is 1. The summed E-state index contributed by atoms with van der Waals surface area (Å²) in [5.41, 5.74) is 1.06. The van der Waals surface area contributed by atoms with Gasteiger partial charge in [-0.3, -0.25) is 4.79 Å². The number of rotatable bonds is 1. The van der Waals surface area contributed by atoms with Crippen LogP contribution in [0.2, 0.25) is 0 Å². The van der Waals surface area contributed by atoms with Crippen molar-refractivity contribution in [3.05, 3.63) is 17.2 Å². The fraction of sp³-hybridized carbons (Fsp3) is 0.538. The van der Waals surface area contributed by atoms with E-state index in [1.807, 2.05) is 20.8 Å². The van der Waals surface area contributed by atoms with Gasteiger partial charge < -0.3 is 14.8 Å². The fourth-order valence-corrected chi connectivity index (χ4v) is 2.05. The molecule has 0 bridgehead atoms. The van der Waals surface area contributed by atoms with Crippen LogP contribution in [0.3, 0.4) is 0 Å². The van der Waals surface area contributed by atoms with Gasteiger partial charge in [-0.1, -0.05) is 25.9 Å². The van der Waals surface area contributed by atoms with E-state index >= 15 is 0 Å². The van der Waals surface area contributed by atoms with Crippen LogP contribution >= 0.6 is 0 Å². The van der Waals surface area contributed by atoms with Gasteiger partial charge in [-0.2, -0.15) is 4.98 Å². The second-order valence-electron chi connectivity index (χ2n) is 5.95. The molecule has 1 amide bonds. The van der Waals surface area contributed by atoms with Crippen molar-refractivity contribution in [1.29, 1.82) is 0 Å². The molecule has 7 heteroatoms. The summed E-state index contributed by atoms with van der Waals surface area (Å²) in [6.45, 7) is 6.69. The first-order chi connectivity index (χ1) is 9.45. The highest BCUT2D eigenvalue weighted by Crippen LogP contribution is 2.23. The summed E-state index contributed by atoms with van der Waals surface area (Å²) in [6.07, 6.45) is 1.67. The average Bonchev–Trinajstić information content (AvgIpc) is 2.97. The van der Waals surface area contributed by atoms with Gasteiger partial charge in [-0.15, -0.1) is 0 Å². The molecule has 20 heavy (non-hydrogen) atoms. The van der Waals surface area contributed by atoms with E-state index in [1.165, 1.54) is 0 Å². The van der Waals surface area contributed by atoms with E-state index in [2.05, 4.69) is 25.4 Å². The van der Waals surface area contributed by atoms with Gasteiger partial charge in [0, 0.05) is 17.7 Å². The zero-order chi connectivity index (χ0) is 14.3. The first-order valence-electron chi connectivity index (χ1n) is 6.67. The highest BCUT2D eigenvalue weighted by molar-refractivity contribution is 5.94. The van der Waals surface area contributed by atoms with Crippen LogP contribution in [0.1, 0.15) is 49.2 Å². The maximum absolute atomic E-state index is 11.9. The molecule has 0 aromatic carbocycles. The van der Waals surface area contributed by atoms with E-state index in [0.29, 0.717) is 29.8 Å². The lowest BCUT2D eigenvalue weighted by atomic mass is 9.96. The summed E-state index contributed by atoms with van der Waals surface area (Å²) in [7, 11) is 0. The van der Waals surface area contributed by atoms with Crippen LogP contribution in [0.25, 0.3) is 11.7 Å². The Morgan fingerprint density at radius 3 is 2.75 bits per heavy atom. The van der Waals surface area contributed by atoms with Crippen molar-refractivity contribution in [1.82, 2.24) is 25.4 Å². The number of aromatic amines is 1. The van der Waals surface area contributed by atoms with Crippen LogP contribution in [0, 0.1) is 0 Å². The summed E-state index contributed by atoms with van der Waals surface area (Å²) >= 11 is 0. The maximum atomic E-state index is 11.9. The van der Waals surface area contributed by atoms with Gasteiger partial charge >= 0.3 is 0 Å². The third-order valence-electron chi connectivity index (χ3n) is 3.18. The minimum Gasteiger partial charge on any atom is -0.351 e. The molecular weight excluding hydrogens is 258 g/mol. The lowest BCUT2D eigenvalue weighted by Crippen LogP contribution is -2.23. The molecule has 0 unspecified atom stereocenters. The summed E-state index contributed by atoms with van der Waals surface area (Å²) in [5, 5.41) is 6.77. The van der Waals surface area contributed by atoms with Gasteiger partial charge in [0.25, 0.3) is 11.8 Å². The zero-order valence-corrected chi connectivity index (χ0v) is 11.8. The van der Waals surface area contributed by atoms with Crippen molar-refractivity contribution in [3.8, 4) is 11.7 Å². The molecule has 0 fully saturated rings. The zero-order valence-electron chi connectivity index (χ0n) is 11.8. The van der Waals surface area contributed by atoms with Crippen LogP contribution in [0.4, 0.5) is 0 Å². The number of carbonyl (C=O) groups is 1. The molecule has 0 aliphatic carbocycles. The second kappa shape index (κ2) is 4.43. The van der Waals surface area contributed by atoms with E-state index in [4.69, 9.17) is 4.52 Å². The minimum absolute atomic E-state index is 0.157. The topological polar surface area (TPSA) is 96.7 Å². The standard InChI is InChI=1S/C13H17N5O2/c1-13(2,3)12-17-11(20-18-12)9-15-7-5-4-6-14-10(19)8(7)16-9/h4-6H2,1-3H3,(H,14,19)(H,15,16). The van der Waals surface area contributed by atoms with E-state index < -0.39 is 0 Å². The van der Waals surface area contributed by atoms with Gasteiger partial charge in [0.1, 0.15) is 5.69 Å². The number of hydrogen-bond donors (Lipinski definition) is 2. The van der Waals surface area contributed by atoms with Crippen molar-refractivity contribution < 1.29 is 9.32 Å². The highest BCUT2D eigenvalue weighted by Gasteiger charge is 2.25. The number of nitrogens with one attached hydrogen (secondary N) is 2. The molecule has 1 aliphatic heterocycles. The summed E-state index contributed by atoms with van der Waals surface area (Å²) < 4.78 is 5.23. The van der Waals surface area contributed by atoms with E-state index in [1.54, 1.807) is 0 Å². The molecule has 2 aromatic rings. The first-order valence-corrected chi connectivity index (χ1v) is 6.67. The Morgan fingerprint density at radius 1 is 1.25 bits per heavy atom. The largest absolute Gasteiger partial charge is 0.351 e. The predicted octanol–water partition coefficient (Wildman–Crippen LogP) is 1.43. The molecule has 0 spiro atoms. The Labute approximate surface area is 116 Å². The third-order valence-corrected chi connectivity index (χ3v) is 3.18. The maximum Gasteiger partial charge on any atom is 0.293 e. The number of aromatic nitrogens is 4. The number of nitrogens with zero attached hydrogens (tertiary/aromatic N) is 3. The summed E-state index contributed by atoms with van der Waals surface area (Å²) in [5.74, 6) is 1.23. The number of hydrogen-bond acceptors (Lipinski definition) is 5. The molecule has 0 radical (unpaired) electrons. The Kier molecular flexibility index (Phi) is 2.84. The molecule has 0 saturated heterocycles. The van der Waals surface area contributed by atoms with Crippen LogP contribution < -0.4 is 5.32 Å². The van der Waals surface area contributed by atoms with Gasteiger partial charge in [-0.05, 0) is 12.8 Å². The molecule has 2 N–H and O–H groups in total. The molecule has 3 heterocycles. The van der Waals surface area contributed by atoms with Crippen LogP contribution in [0.15, 0.2) is 4.52 Å². The van der Waals surface area contributed by atoms with Crippen molar-refractivity contribution in [2.75, 3.05) is 6.54 Å². The predicted molar refractivity (Wildman–Crippen MR) is 71.2 cm³/mol. The minimum atomic E-state index is -0.192. The fourth-order valence-electron chi connectivity index (χ4n) is 2.05. The molecule has 2 aromatic heterocycles. The SMILES string of the molecule is CC(C)(C)c1noc(-c2nc3c([nH]2)CCCNC3=O)n1. The van der Waals surface area contributed by atoms with Crippen LogP contribution in [-0.2, 0) is 11.8 Å². The lowest BCUT2D eigenvalue weighted by Gasteiger charge is -2.10. The number of aryl methyl sites for hydroxylation is 1. The molecule has 0 atom stereocenters. The van der Waals surface area contributed by atoms with Gasteiger partial charge in [0.15, 0.2) is 11.6 Å². The van der Waals surface area contributed by atoms with Crippen molar-refractivity contribution >= 4 is 5.91 Å². The number of H-pyrrole nitrogens is 1. The van der Waals surface area contributed by atoms with Crippen molar-refractivity contribution in [2.45, 2.75) is 39.0 Å². The molecule has 7 nitrogen and oxygen atoms in total. The Bertz CT molecular complexity index is 650. The van der Waals surface area contributed by atoms with E-state index in [9.17, 15) is 4.79 Å². The molecule has 0 saturated carbocycles. The number of amides is 1. The van der Waals surface area contributed by atoms with Crippen LogP contribution in [-0.4, -0.2) is 32.6 Å². The quantitative estimate of drug-likeness (QED) is 0.820.